The number of halogens is 1. The molecule has 202 valence electrons. The van der Waals surface area contributed by atoms with E-state index in [9.17, 15) is 27.2 Å². The van der Waals surface area contributed by atoms with E-state index in [4.69, 9.17) is 14.3 Å². The Balaban J connectivity index is 1.41. The average molecular weight is 555 g/mol. The summed E-state index contributed by atoms with van der Waals surface area (Å²) in [4.78, 5) is 44.4. The minimum atomic E-state index is -4.25. The molecule has 2 atom stereocenters. The van der Waals surface area contributed by atoms with E-state index >= 15 is 0 Å². The number of carbonyl (C=O) groups excluding carboxylic acids is 3. The molecule has 0 aliphatic carbocycles. The van der Waals surface area contributed by atoms with Crippen molar-refractivity contribution in [3.05, 3.63) is 102 Å². The summed E-state index contributed by atoms with van der Waals surface area (Å²) in [6.45, 7) is -0.480. The van der Waals surface area contributed by atoms with Gasteiger partial charge < -0.3 is 9.47 Å². The van der Waals surface area contributed by atoms with E-state index in [0.717, 1.165) is 24.3 Å². The summed E-state index contributed by atoms with van der Waals surface area (Å²) in [5.74, 6) is -3.40. The summed E-state index contributed by atoms with van der Waals surface area (Å²) < 4.78 is 52.2. The molecule has 1 N–H and O–H groups in total. The Hall–Kier alpha value is -4.13. The highest BCUT2D eigenvalue weighted by Gasteiger charge is 2.60. The van der Waals surface area contributed by atoms with Crippen molar-refractivity contribution in [2.24, 2.45) is 0 Å². The molecule has 2 aliphatic heterocycles. The lowest BCUT2D eigenvalue weighted by Gasteiger charge is -2.34. The van der Waals surface area contributed by atoms with Crippen molar-refractivity contribution in [2.45, 2.75) is 35.6 Å². The lowest BCUT2D eigenvalue weighted by Crippen LogP contribution is -2.57. The normalized spacial score (nSPS) is 21.3. The molecule has 1 unspecified atom stereocenters. The Morgan fingerprint density at radius 1 is 0.974 bits per heavy atom. The first-order valence-electron chi connectivity index (χ1n) is 12.0. The summed E-state index contributed by atoms with van der Waals surface area (Å²) in [6.07, 6.45) is -1.36. The minimum absolute atomic E-state index is 0.199. The molecule has 0 bridgehead atoms. The van der Waals surface area contributed by atoms with Gasteiger partial charge in [-0.3, -0.25) is 14.4 Å². The highest BCUT2D eigenvalue weighted by molar-refractivity contribution is 7.89. The van der Waals surface area contributed by atoms with Gasteiger partial charge in [0.15, 0.2) is 6.10 Å². The Morgan fingerprint density at radius 3 is 2.10 bits per heavy atom. The Bertz CT molecular complexity index is 1450. The maximum Gasteiger partial charge on any atom is 0.376 e. The van der Waals surface area contributed by atoms with E-state index < -0.39 is 58.2 Å². The lowest BCUT2D eigenvalue weighted by atomic mass is 10.0. The lowest BCUT2D eigenvalue weighted by molar-refractivity contribution is -0.260. The van der Waals surface area contributed by atoms with Crippen LogP contribution in [0.2, 0.25) is 0 Å². The molecule has 2 aliphatic rings. The number of hydrogen-bond donors (Lipinski definition) is 1. The van der Waals surface area contributed by atoms with Gasteiger partial charge in [0.1, 0.15) is 18.5 Å². The molecule has 5 rings (SSSR count). The summed E-state index contributed by atoms with van der Waals surface area (Å²) in [5, 5.41) is 0.575. The summed E-state index contributed by atoms with van der Waals surface area (Å²) >= 11 is 0. The highest BCUT2D eigenvalue weighted by Crippen LogP contribution is 2.38. The number of esters is 2. The van der Waals surface area contributed by atoms with Crippen molar-refractivity contribution in [2.75, 3.05) is 6.61 Å². The molecule has 2 heterocycles. The van der Waals surface area contributed by atoms with Gasteiger partial charge in [0, 0.05) is 6.42 Å². The second-order valence-electron chi connectivity index (χ2n) is 8.92. The zero-order chi connectivity index (χ0) is 27.6. The van der Waals surface area contributed by atoms with Crippen molar-refractivity contribution in [1.29, 1.82) is 0 Å². The molecule has 0 radical (unpaired) electrons. The minimum Gasteiger partial charge on any atom is -0.448 e. The summed E-state index contributed by atoms with van der Waals surface area (Å²) in [5.41, 5.74) is -0.989. The summed E-state index contributed by atoms with van der Waals surface area (Å²) in [6, 6.07) is 20.3. The fourth-order valence-electron chi connectivity index (χ4n) is 4.38. The number of rotatable bonds is 8. The average Bonchev–Trinajstić information content (AvgIpc) is 3.51. The number of amides is 1. The van der Waals surface area contributed by atoms with Crippen molar-refractivity contribution < 1.29 is 41.5 Å². The molecule has 3 aromatic rings. The first-order chi connectivity index (χ1) is 18.7. The van der Waals surface area contributed by atoms with E-state index in [0.29, 0.717) is 16.2 Å². The highest BCUT2D eigenvalue weighted by atomic mass is 32.2. The largest absolute Gasteiger partial charge is 0.448 e. The monoisotopic (exact) mass is 554 g/mol. The number of nitrogens with one attached hydrogen (secondary N) is 1. The quantitative estimate of drug-likeness (QED) is 0.421. The number of benzene rings is 3. The molecule has 1 amide bonds. The molecule has 39 heavy (non-hydrogen) atoms. The number of ether oxygens (including phenoxy) is 2. The van der Waals surface area contributed by atoms with Gasteiger partial charge in [0.2, 0.25) is 10.0 Å². The molecule has 3 aromatic carbocycles. The van der Waals surface area contributed by atoms with Crippen LogP contribution >= 0.6 is 0 Å². The van der Waals surface area contributed by atoms with Crippen LogP contribution in [0.4, 0.5) is 4.39 Å². The molecule has 2 fully saturated rings. The van der Waals surface area contributed by atoms with Crippen molar-refractivity contribution >= 4 is 27.9 Å². The molecule has 0 aromatic heterocycles. The van der Waals surface area contributed by atoms with E-state index in [2.05, 4.69) is 4.72 Å². The van der Waals surface area contributed by atoms with Crippen molar-refractivity contribution in [3.63, 3.8) is 0 Å². The zero-order valence-electron chi connectivity index (χ0n) is 20.4. The van der Waals surface area contributed by atoms with Crippen molar-refractivity contribution in [1.82, 2.24) is 9.79 Å². The van der Waals surface area contributed by atoms with E-state index in [-0.39, 0.29) is 17.7 Å². The van der Waals surface area contributed by atoms with E-state index in [1.54, 1.807) is 60.7 Å². The van der Waals surface area contributed by atoms with Gasteiger partial charge in [0.25, 0.3) is 5.91 Å². The number of nitrogens with zero attached hydrogens (tertiary/aromatic N) is 1. The Morgan fingerprint density at radius 2 is 1.56 bits per heavy atom. The Kier molecular flexibility index (Phi) is 7.17. The summed E-state index contributed by atoms with van der Waals surface area (Å²) in [7, 11) is -4.25. The van der Waals surface area contributed by atoms with Crippen LogP contribution in [-0.4, -0.2) is 49.7 Å². The van der Waals surface area contributed by atoms with Crippen LogP contribution in [-0.2, 0) is 38.7 Å². The molecular formula is C27H23FN2O8S. The predicted molar refractivity (Wildman–Crippen MR) is 132 cm³/mol. The van der Waals surface area contributed by atoms with Gasteiger partial charge in [-0.05, 0) is 35.4 Å². The van der Waals surface area contributed by atoms with Gasteiger partial charge >= 0.3 is 17.7 Å². The number of cyclic esters (lactones) is 1. The van der Waals surface area contributed by atoms with Crippen LogP contribution in [0.3, 0.4) is 0 Å². The second-order valence-corrected chi connectivity index (χ2v) is 10.6. The first kappa shape index (κ1) is 26.5. The maximum atomic E-state index is 13.7. The van der Waals surface area contributed by atoms with Gasteiger partial charge in [-0.25, -0.2) is 17.6 Å². The number of carbonyl (C=O) groups is 3. The van der Waals surface area contributed by atoms with Gasteiger partial charge in [-0.1, -0.05) is 60.7 Å². The van der Waals surface area contributed by atoms with Crippen LogP contribution in [0.5, 0.6) is 0 Å². The Labute approximate surface area is 223 Å². The topological polar surface area (TPSA) is 128 Å². The van der Waals surface area contributed by atoms with Gasteiger partial charge in [-0.15, -0.1) is 0 Å². The standard InChI is InChI=1S/C27H23FN2O8S/c28-20-11-13-21(14-12-20)39(34,35)29-22-17-36-30(25(22)32)27(16-15-23(31)38-27)26(33)37-24(18-7-3-1-4-8-18)19-9-5-2-6-10-19/h1-14,22,24,29H,15-17H2/t22-,27?/m0/s1. The molecule has 10 nitrogen and oxygen atoms in total. The molecule has 12 heteroatoms. The fourth-order valence-corrected chi connectivity index (χ4v) is 5.55. The van der Waals surface area contributed by atoms with Gasteiger partial charge in [-0.2, -0.15) is 9.79 Å². The van der Waals surface area contributed by atoms with Crippen LogP contribution in [0, 0.1) is 5.82 Å². The molecule has 0 spiro atoms. The maximum absolute atomic E-state index is 13.7. The van der Waals surface area contributed by atoms with Crippen LogP contribution in [0.25, 0.3) is 0 Å². The van der Waals surface area contributed by atoms with Crippen molar-refractivity contribution in [3.8, 4) is 0 Å². The molecular weight excluding hydrogens is 531 g/mol. The third-order valence-corrected chi connectivity index (χ3v) is 7.80. The predicted octanol–water partition coefficient (Wildman–Crippen LogP) is 2.61. The number of hydrogen-bond acceptors (Lipinski definition) is 8. The zero-order valence-corrected chi connectivity index (χ0v) is 21.2. The third-order valence-electron chi connectivity index (χ3n) is 6.32. The van der Waals surface area contributed by atoms with E-state index in [1.165, 1.54) is 0 Å². The first-order valence-corrected chi connectivity index (χ1v) is 13.5. The van der Waals surface area contributed by atoms with Gasteiger partial charge in [0.05, 0.1) is 11.3 Å². The molecule has 0 saturated carbocycles. The third kappa shape index (κ3) is 5.26. The molecule has 2 saturated heterocycles. The van der Waals surface area contributed by atoms with Crippen LogP contribution in [0.15, 0.2) is 89.8 Å². The second kappa shape index (κ2) is 10.6. The number of sulfonamides is 1. The van der Waals surface area contributed by atoms with Crippen LogP contribution < -0.4 is 4.72 Å². The van der Waals surface area contributed by atoms with E-state index in [1.807, 2.05) is 0 Å². The SMILES string of the molecule is O=C1CCC(C(=O)OC(c2ccccc2)c2ccccc2)(N2OC[C@H](NS(=O)(=O)c3ccc(F)cc3)C2=O)O1. The fraction of sp³-hybridized carbons (Fsp3) is 0.222. The smallest absolute Gasteiger partial charge is 0.376 e. The van der Waals surface area contributed by atoms with Crippen LogP contribution in [0.1, 0.15) is 30.1 Å². The number of hydroxylamine groups is 2.